The van der Waals surface area contributed by atoms with Crippen molar-refractivity contribution in [3.05, 3.63) is 28.5 Å². The van der Waals surface area contributed by atoms with Crippen molar-refractivity contribution in [2.75, 3.05) is 13.2 Å². The monoisotopic (exact) mass is 310 g/mol. The Bertz CT molecular complexity index is 564. The van der Waals surface area contributed by atoms with Gasteiger partial charge in [0.15, 0.2) is 5.82 Å². The van der Waals surface area contributed by atoms with Gasteiger partial charge in [0.05, 0.1) is 12.2 Å². The molecule has 3 rings (SSSR count). The summed E-state index contributed by atoms with van der Waals surface area (Å²) in [7, 11) is 0. The molecule has 1 aromatic heterocycles. The van der Waals surface area contributed by atoms with Crippen molar-refractivity contribution in [1.29, 1.82) is 0 Å². The Balaban J connectivity index is 1.92. The molecule has 18 heavy (non-hydrogen) atoms. The van der Waals surface area contributed by atoms with E-state index in [0.717, 1.165) is 17.5 Å². The van der Waals surface area contributed by atoms with Crippen LogP contribution in [0.15, 0.2) is 27.2 Å². The summed E-state index contributed by atoms with van der Waals surface area (Å²) in [6.07, 6.45) is 0.908. The molecule has 2 aromatic rings. The fourth-order valence-electron chi connectivity index (χ4n) is 1.93. The van der Waals surface area contributed by atoms with E-state index in [1.807, 2.05) is 6.07 Å². The molecular weight excluding hydrogens is 300 g/mol. The Kier molecular flexibility index (Phi) is 3.05. The predicted molar refractivity (Wildman–Crippen MR) is 67.3 cm³/mol. The van der Waals surface area contributed by atoms with Crippen LogP contribution in [-0.4, -0.2) is 28.5 Å². The Morgan fingerprint density at radius 1 is 1.39 bits per heavy atom. The van der Waals surface area contributed by atoms with E-state index in [4.69, 9.17) is 9.26 Å². The predicted octanol–water partition coefficient (Wildman–Crippen LogP) is 2.71. The summed E-state index contributed by atoms with van der Waals surface area (Å²) in [5.74, 6) is 1.29. The molecule has 1 N–H and O–H groups in total. The van der Waals surface area contributed by atoms with Crippen molar-refractivity contribution in [3.63, 3.8) is 0 Å². The summed E-state index contributed by atoms with van der Waals surface area (Å²) in [4.78, 5) is 4.32. The first-order valence-electron chi connectivity index (χ1n) is 5.64. The van der Waals surface area contributed by atoms with Gasteiger partial charge in [-0.2, -0.15) is 4.98 Å². The van der Waals surface area contributed by atoms with Crippen LogP contribution in [0.25, 0.3) is 11.5 Å². The van der Waals surface area contributed by atoms with E-state index in [-0.39, 0.29) is 11.7 Å². The zero-order valence-corrected chi connectivity index (χ0v) is 11.1. The molecule has 1 atom stereocenters. The lowest BCUT2D eigenvalue weighted by atomic mass is 10.1. The minimum atomic E-state index is 0.113. The van der Waals surface area contributed by atoms with E-state index in [0.29, 0.717) is 23.9 Å². The van der Waals surface area contributed by atoms with Crippen LogP contribution in [0.3, 0.4) is 0 Å². The number of phenolic OH excluding ortho intramolecular Hbond substituents is 1. The fourth-order valence-corrected chi connectivity index (χ4v) is 2.28. The van der Waals surface area contributed by atoms with Crippen LogP contribution in [0.1, 0.15) is 18.2 Å². The molecule has 0 bridgehead atoms. The minimum absolute atomic E-state index is 0.113. The van der Waals surface area contributed by atoms with E-state index < -0.39 is 0 Å². The van der Waals surface area contributed by atoms with Crippen molar-refractivity contribution >= 4 is 15.9 Å². The van der Waals surface area contributed by atoms with Gasteiger partial charge in [-0.05, 0) is 24.6 Å². The molecular formula is C12H11BrN2O3. The molecule has 6 heteroatoms. The van der Waals surface area contributed by atoms with Gasteiger partial charge in [-0.15, -0.1) is 0 Å². The smallest absolute Gasteiger partial charge is 0.261 e. The van der Waals surface area contributed by atoms with Gasteiger partial charge >= 0.3 is 0 Å². The van der Waals surface area contributed by atoms with Gasteiger partial charge < -0.3 is 14.4 Å². The van der Waals surface area contributed by atoms with Gasteiger partial charge in [0.1, 0.15) is 5.75 Å². The Morgan fingerprint density at radius 3 is 3.00 bits per heavy atom. The van der Waals surface area contributed by atoms with Crippen molar-refractivity contribution in [2.45, 2.75) is 12.3 Å². The number of rotatable bonds is 2. The van der Waals surface area contributed by atoms with Gasteiger partial charge in [-0.25, -0.2) is 0 Å². The van der Waals surface area contributed by atoms with Crippen LogP contribution >= 0.6 is 15.9 Å². The lowest BCUT2D eigenvalue weighted by Gasteiger charge is -2.00. The molecule has 1 saturated heterocycles. The van der Waals surface area contributed by atoms with E-state index >= 15 is 0 Å². The SMILES string of the molecule is Oc1cc(Br)ccc1-c1nc(C2CCOC2)no1. The standard InChI is InChI=1S/C12H11BrN2O3/c13-8-1-2-9(10(16)5-8)12-14-11(15-18-12)7-3-4-17-6-7/h1-2,5,7,16H,3-4,6H2. The topological polar surface area (TPSA) is 68.4 Å². The number of nitrogens with zero attached hydrogens (tertiary/aromatic N) is 2. The number of aromatic nitrogens is 2. The van der Waals surface area contributed by atoms with Gasteiger partial charge in [0, 0.05) is 17.0 Å². The number of benzene rings is 1. The van der Waals surface area contributed by atoms with Crippen molar-refractivity contribution < 1.29 is 14.4 Å². The summed E-state index contributed by atoms with van der Waals surface area (Å²) in [5, 5.41) is 13.8. The largest absolute Gasteiger partial charge is 0.507 e. The zero-order chi connectivity index (χ0) is 12.5. The second-order valence-corrected chi connectivity index (χ2v) is 5.10. The van der Waals surface area contributed by atoms with Gasteiger partial charge in [-0.1, -0.05) is 21.1 Å². The average molecular weight is 311 g/mol. The van der Waals surface area contributed by atoms with Crippen LogP contribution < -0.4 is 0 Å². The maximum atomic E-state index is 9.84. The zero-order valence-electron chi connectivity index (χ0n) is 9.47. The van der Waals surface area contributed by atoms with Crippen LogP contribution in [0.2, 0.25) is 0 Å². The number of aromatic hydroxyl groups is 1. The molecule has 1 unspecified atom stereocenters. The highest BCUT2D eigenvalue weighted by molar-refractivity contribution is 9.10. The number of ether oxygens (including phenoxy) is 1. The number of phenols is 1. The molecule has 1 aliphatic heterocycles. The van der Waals surface area contributed by atoms with E-state index in [2.05, 4.69) is 26.1 Å². The number of hydrogen-bond acceptors (Lipinski definition) is 5. The summed E-state index contributed by atoms with van der Waals surface area (Å²) in [6.45, 7) is 1.36. The summed E-state index contributed by atoms with van der Waals surface area (Å²) < 4.78 is 11.3. The van der Waals surface area contributed by atoms with Gasteiger partial charge in [0.25, 0.3) is 5.89 Å². The highest BCUT2D eigenvalue weighted by Gasteiger charge is 2.24. The van der Waals surface area contributed by atoms with E-state index in [1.165, 1.54) is 0 Å². The second kappa shape index (κ2) is 4.70. The van der Waals surface area contributed by atoms with Gasteiger partial charge in [0.2, 0.25) is 0 Å². The third-order valence-corrected chi connectivity index (χ3v) is 3.42. The van der Waals surface area contributed by atoms with Crippen LogP contribution in [-0.2, 0) is 4.74 Å². The lowest BCUT2D eigenvalue weighted by Crippen LogP contribution is -1.99. The minimum Gasteiger partial charge on any atom is -0.507 e. The Morgan fingerprint density at radius 2 is 2.28 bits per heavy atom. The van der Waals surface area contributed by atoms with Crippen molar-refractivity contribution in [2.24, 2.45) is 0 Å². The molecule has 0 radical (unpaired) electrons. The normalized spacial score (nSPS) is 19.3. The van der Waals surface area contributed by atoms with Crippen molar-refractivity contribution in [1.82, 2.24) is 10.1 Å². The highest BCUT2D eigenvalue weighted by atomic mass is 79.9. The summed E-state index contributed by atoms with van der Waals surface area (Å²) >= 11 is 3.28. The van der Waals surface area contributed by atoms with Gasteiger partial charge in [-0.3, -0.25) is 0 Å². The molecule has 1 aliphatic rings. The number of halogens is 1. The Hall–Kier alpha value is -1.40. The molecule has 1 aromatic carbocycles. The molecule has 0 amide bonds. The first-order chi connectivity index (χ1) is 8.74. The van der Waals surface area contributed by atoms with E-state index in [1.54, 1.807) is 12.1 Å². The quantitative estimate of drug-likeness (QED) is 0.923. The summed E-state index contributed by atoms with van der Waals surface area (Å²) in [6, 6.07) is 5.15. The van der Waals surface area contributed by atoms with Crippen LogP contribution in [0, 0.1) is 0 Å². The average Bonchev–Trinajstić information content (AvgIpc) is 2.99. The molecule has 94 valence electrons. The third kappa shape index (κ3) is 2.13. The Labute approximate surface area is 112 Å². The third-order valence-electron chi connectivity index (χ3n) is 2.93. The summed E-state index contributed by atoms with van der Waals surface area (Å²) in [5.41, 5.74) is 0.538. The number of hydrogen-bond donors (Lipinski definition) is 1. The fraction of sp³-hybridized carbons (Fsp3) is 0.333. The first-order valence-corrected chi connectivity index (χ1v) is 6.43. The maximum absolute atomic E-state index is 9.84. The molecule has 0 aliphatic carbocycles. The maximum Gasteiger partial charge on any atom is 0.261 e. The lowest BCUT2D eigenvalue weighted by molar-refractivity contribution is 0.192. The first kappa shape index (κ1) is 11.7. The molecule has 0 spiro atoms. The van der Waals surface area contributed by atoms with Crippen molar-refractivity contribution in [3.8, 4) is 17.2 Å². The second-order valence-electron chi connectivity index (χ2n) is 4.18. The molecule has 2 heterocycles. The molecule has 1 fully saturated rings. The van der Waals surface area contributed by atoms with Crippen LogP contribution in [0.5, 0.6) is 5.75 Å². The van der Waals surface area contributed by atoms with E-state index in [9.17, 15) is 5.11 Å². The van der Waals surface area contributed by atoms with Crippen LogP contribution in [0.4, 0.5) is 0 Å². The highest BCUT2D eigenvalue weighted by Crippen LogP contribution is 2.32. The molecule has 5 nitrogen and oxygen atoms in total. The molecule has 0 saturated carbocycles.